The first kappa shape index (κ1) is 20.6. The topological polar surface area (TPSA) is 32.3 Å². The summed E-state index contributed by atoms with van der Waals surface area (Å²) in [6, 6.07) is 14.7. The summed E-state index contributed by atoms with van der Waals surface area (Å²) < 4.78 is 38.2. The molecule has 0 aliphatic carbocycles. The molecule has 4 rings (SSSR count). The van der Waals surface area contributed by atoms with Gasteiger partial charge in [-0.15, -0.1) is 0 Å². The van der Waals surface area contributed by atoms with Crippen molar-refractivity contribution >= 4 is 17.2 Å². The highest BCUT2D eigenvalue weighted by Crippen LogP contribution is 2.30. The second-order valence-electron chi connectivity index (χ2n) is 7.35. The standard InChI is InChI=1S/C23H21F3N2OS/c24-23(25,26)20-7-5-17(6-8-20)22(29)27-13-21(19-10-12-30-15-19)28-11-9-16-3-1-2-4-18(16)14-28/h1-8,10,12,15,21H,9,11,13-14H2,(H,27,29)/t21-/m0/s1. The molecule has 1 aliphatic heterocycles. The average molecular weight is 430 g/mol. The SMILES string of the molecule is O=C(NC[C@@H](c1ccsc1)N1CCc2ccccc2C1)c1ccc(C(F)(F)F)cc1. The Labute approximate surface area is 177 Å². The van der Waals surface area contributed by atoms with Gasteiger partial charge in [-0.1, -0.05) is 24.3 Å². The van der Waals surface area contributed by atoms with Gasteiger partial charge in [-0.05, 0) is 64.2 Å². The highest BCUT2D eigenvalue weighted by atomic mass is 32.1. The zero-order valence-corrected chi connectivity index (χ0v) is 17.0. The summed E-state index contributed by atoms with van der Waals surface area (Å²) in [5, 5.41) is 7.00. The summed E-state index contributed by atoms with van der Waals surface area (Å²) in [6.07, 6.45) is -3.47. The molecule has 156 valence electrons. The largest absolute Gasteiger partial charge is 0.416 e. The van der Waals surface area contributed by atoms with Crippen LogP contribution in [0.1, 0.15) is 38.7 Å². The van der Waals surface area contributed by atoms with E-state index in [1.165, 1.54) is 23.3 Å². The first-order valence-electron chi connectivity index (χ1n) is 9.70. The van der Waals surface area contributed by atoms with E-state index in [0.29, 0.717) is 6.54 Å². The summed E-state index contributed by atoms with van der Waals surface area (Å²) in [5.74, 6) is -0.374. The Hall–Kier alpha value is -2.64. The van der Waals surface area contributed by atoms with E-state index in [0.717, 1.165) is 37.2 Å². The number of nitrogens with one attached hydrogen (secondary N) is 1. The zero-order chi connectivity index (χ0) is 21.1. The molecule has 0 spiro atoms. The van der Waals surface area contributed by atoms with Crippen LogP contribution < -0.4 is 5.32 Å². The highest BCUT2D eigenvalue weighted by Gasteiger charge is 2.30. The molecule has 3 nitrogen and oxygen atoms in total. The number of thiophene rings is 1. The van der Waals surface area contributed by atoms with Gasteiger partial charge >= 0.3 is 6.18 Å². The Kier molecular flexibility index (Phi) is 5.92. The second-order valence-corrected chi connectivity index (χ2v) is 8.13. The first-order chi connectivity index (χ1) is 14.4. The van der Waals surface area contributed by atoms with Gasteiger partial charge in [0.05, 0.1) is 11.6 Å². The maximum Gasteiger partial charge on any atom is 0.416 e. The fourth-order valence-electron chi connectivity index (χ4n) is 3.81. The van der Waals surface area contributed by atoms with Crippen LogP contribution in [0.5, 0.6) is 0 Å². The number of amides is 1. The third-order valence-electron chi connectivity index (χ3n) is 5.46. The molecule has 1 atom stereocenters. The van der Waals surface area contributed by atoms with Crippen molar-refractivity contribution in [3.05, 3.63) is 93.2 Å². The maximum absolute atomic E-state index is 12.7. The first-order valence-corrected chi connectivity index (χ1v) is 10.6. The minimum absolute atomic E-state index is 0.00278. The van der Waals surface area contributed by atoms with Crippen molar-refractivity contribution in [1.82, 2.24) is 10.2 Å². The summed E-state index contributed by atoms with van der Waals surface area (Å²) in [5.41, 5.74) is 3.23. The van der Waals surface area contributed by atoms with Crippen LogP contribution in [0.3, 0.4) is 0 Å². The zero-order valence-electron chi connectivity index (χ0n) is 16.2. The minimum Gasteiger partial charge on any atom is -0.350 e. The molecule has 30 heavy (non-hydrogen) atoms. The Bertz CT molecular complexity index is 1000. The lowest BCUT2D eigenvalue weighted by atomic mass is 9.97. The summed E-state index contributed by atoms with van der Waals surface area (Å²) >= 11 is 1.61. The van der Waals surface area contributed by atoms with Gasteiger partial charge in [-0.3, -0.25) is 9.69 Å². The highest BCUT2D eigenvalue weighted by molar-refractivity contribution is 7.08. The third kappa shape index (κ3) is 4.57. The Balaban J connectivity index is 1.46. The van der Waals surface area contributed by atoms with Crippen molar-refractivity contribution in [3.63, 3.8) is 0 Å². The van der Waals surface area contributed by atoms with E-state index < -0.39 is 11.7 Å². The van der Waals surface area contributed by atoms with Crippen LogP contribution in [0.15, 0.2) is 65.4 Å². The quantitative estimate of drug-likeness (QED) is 0.596. The molecular formula is C23H21F3N2OS. The van der Waals surface area contributed by atoms with E-state index in [1.54, 1.807) is 11.3 Å². The lowest BCUT2D eigenvalue weighted by Crippen LogP contribution is -2.40. The van der Waals surface area contributed by atoms with Crippen molar-refractivity contribution in [3.8, 4) is 0 Å². The predicted molar refractivity (Wildman–Crippen MR) is 111 cm³/mol. The number of halogens is 3. The molecule has 1 aliphatic rings. The fraction of sp³-hybridized carbons (Fsp3) is 0.261. The number of benzene rings is 2. The number of fused-ring (bicyclic) bond motifs is 1. The molecule has 0 fully saturated rings. The third-order valence-corrected chi connectivity index (χ3v) is 6.16. The normalized spacial score (nSPS) is 15.4. The number of carbonyl (C=O) groups is 1. The van der Waals surface area contributed by atoms with Gasteiger partial charge in [0.25, 0.3) is 5.91 Å². The monoisotopic (exact) mass is 430 g/mol. The Morgan fingerprint density at radius 1 is 1.07 bits per heavy atom. The number of rotatable bonds is 5. The van der Waals surface area contributed by atoms with Crippen LogP contribution >= 0.6 is 11.3 Å². The molecule has 1 amide bonds. The van der Waals surface area contributed by atoms with Gasteiger partial charge in [0.15, 0.2) is 0 Å². The van der Waals surface area contributed by atoms with Crippen LogP contribution in [0.25, 0.3) is 0 Å². The van der Waals surface area contributed by atoms with Gasteiger partial charge in [-0.25, -0.2) is 0 Å². The van der Waals surface area contributed by atoms with Crippen molar-refractivity contribution in [1.29, 1.82) is 0 Å². The number of carbonyl (C=O) groups excluding carboxylic acids is 1. The molecule has 0 saturated carbocycles. The van der Waals surface area contributed by atoms with Crippen LogP contribution in [-0.2, 0) is 19.1 Å². The van der Waals surface area contributed by atoms with E-state index in [2.05, 4.69) is 39.9 Å². The van der Waals surface area contributed by atoms with Gasteiger partial charge in [-0.2, -0.15) is 24.5 Å². The van der Waals surface area contributed by atoms with E-state index in [9.17, 15) is 18.0 Å². The van der Waals surface area contributed by atoms with Crippen molar-refractivity contribution in [2.24, 2.45) is 0 Å². The van der Waals surface area contributed by atoms with Gasteiger partial charge in [0.1, 0.15) is 0 Å². The molecule has 3 aromatic rings. The van der Waals surface area contributed by atoms with Gasteiger partial charge in [0.2, 0.25) is 0 Å². The van der Waals surface area contributed by atoms with E-state index >= 15 is 0 Å². The molecule has 2 heterocycles. The van der Waals surface area contributed by atoms with Crippen LogP contribution in [0.4, 0.5) is 13.2 Å². The Morgan fingerprint density at radius 3 is 2.47 bits per heavy atom. The molecular weight excluding hydrogens is 409 g/mol. The van der Waals surface area contributed by atoms with Crippen LogP contribution in [0.2, 0.25) is 0 Å². The lowest BCUT2D eigenvalue weighted by Gasteiger charge is -2.35. The van der Waals surface area contributed by atoms with E-state index in [-0.39, 0.29) is 17.5 Å². The van der Waals surface area contributed by atoms with Crippen LogP contribution in [0, 0.1) is 0 Å². The molecule has 0 radical (unpaired) electrons. The van der Waals surface area contributed by atoms with E-state index in [4.69, 9.17) is 0 Å². The Morgan fingerprint density at radius 2 is 1.80 bits per heavy atom. The van der Waals surface area contributed by atoms with Crippen LogP contribution in [-0.4, -0.2) is 23.9 Å². The molecule has 0 saturated heterocycles. The van der Waals surface area contributed by atoms with Crippen molar-refractivity contribution in [2.75, 3.05) is 13.1 Å². The number of alkyl halides is 3. The average Bonchev–Trinajstić information content (AvgIpc) is 3.27. The molecule has 0 bridgehead atoms. The van der Waals surface area contributed by atoms with Gasteiger partial charge in [0, 0.05) is 25.2 Å². The minimum atomic E-state index is -4.41. The summed E-state index contributed by atoms with van der Waals surface area (Å²) in [7, 11) is 0. The lowest BCUT2D eigenvalue weighted by molar-refractivity contribution is -0.137. The summed E-state index contributed by atoms with van der Waals surface area (Å²) in [6.45, 7) is 2.07. The molecule has 1 aromatic heterocycles. The summed E-state index contributed by atoms with van der Waals surface area (Å²) in [4.78, 5) is 14.9. The second kappa shape index (κ2) is 8.62. The number of hydrogen-bond acceptors (Lipinski definition) is 3. The van der Waals surface area contributed by atoms with Gasteiger partial charge < -0.3 is 5.32 Å². The van der Waals surface area contributed by atoms with E-state index in [1.807, 2.05) is 11.4 Å². The molecule has 7 heteroatoms. The maximum atomic E-state index is 12.7. The fourth-order valence-corrected chi connectivity index (χ4v) is 4.52. The van der Waals surface area contributed by atoms with Crippen molar-refractivity contribution in [2.45, 2.75) is 25.2 Å². The molecule has 2 aromatic carbocycles. The smallest absolute Gasteiger partial charge is 0.350 e. The predicted octanol–water partition coefficient (Wildman–Crippen LogP) is 5.30. The molecule has 0 unspecified atom stereocenters. The number of nitrogens with zero attached hydrogens (tertiary/aromatic N) is 1. The number of hydrogen-bond donors (Lipinski definition) is 1. The molecule has 1 N–H and O–H groups in total. The van der Waals surface area contributed by atoms with Crippen molar-refractivity contribution < 1.29 is 18.0 Å².